The summed E-state index contributed by atoms with van der Waals surface area (Å²) in [4.78, 5) is 48.1. The molecule has 1 fully saturated rings. The zero-order chi connectivity index (χ0) is 18.4. The van der Waals surface area contributed by atoms with Crippen LogP contribution in [0.3, 0.4) is 0 Å². The normalized spacial score (nSPS) is 15.2. The van der Waals surface area contributed by atoms with Crippen LogP contribution in [-0.4, -0.2) is 42.2 Å². The van der Waals surface area contributed by atoms with Gasteiger partial charge in [0.05, 0.1) is 19.6 Å². The molecule has 1 heterocycles. The van der Waals surface area contributed by atoms with Crippen molar-refractivity contribution in [2.45, 2.75) is 31.7 Å². The van der Waals surface area contributed by atoms with Crippen LogP contribution in [0, 0.1) is 0 Å². The molecule has 1 aliphatic heterocycles. The number of benzene rings is 1. The van der Waals surface area contributed by atoms with Crippen molar-refractivity contribution in [3.05, 3.63) is 34.9 Å². The Labute approximate surface area is 150 Å². The Morgan fingerprint density at radius 2 is 1.88 bits per heavy atom. The second kappa shape index (κ2) is 8.62. The summed E-state index contributed by atoms with van der Waals surface area (Å²) in [6, 6.07) is 6.21. The second-order valence-corrected chi connectivity index (χ2v) is 6.02. The quantitative estimate of drug-likeness (QED) is 0.584. The van der Waals surface area contributed by atoms with E-state index in [1.807, 2.05) is 0 Å². The minimum Gasteiger partial charge on any atom is -0.469 e. The first-order chi connectivity index (χ1) is 11.9. The number of methoxy groups -OCH3 is 1. The van der Waals surface area contributed by atoms with Gasteiger partial charge in [0.25, 0.3) is 0 Å². The van der Waals surface area contributed by atoms with Gasteiger partial charge < -0.3 is 10.1 Å². The van der Waals surface area contributed by atoms with Crippen molar-refractivity contribution >= 4 is 35.3 Å². The summed E-state index contributed by atoms with van der Waals surface area (Å²) in [6.07, 6.45) is 0.253. The molecular weight excluding hydrogens is 348 g/mol. The van der Waals surface area contributed by atoms with E-state index in [2.05, 4.69) is 10.1 Å². The Kier molecular flexibility index (Phi) is 6.52. The number of hydrogen-bond donors (Lipinski definition) is 1. The van der Waals surface area contributed by atoms with Gasteiger partial charge in [0.15, 0.2) is 0 Å². The number of carbonyl (C=O) groups excluding carboxylic acids is 4. The summed E-state index contributed by atoms with van der Waals surface area (Å²) in [5.41, 5.74) is 0.594. The average Bonchev–Trinajstić information content (AvgIpc) is 2.91. The van der Waals surface area contributed by atoms with Crippen LogP contribution < -0.4 is 5.32 Å². The van der Waals surface area contributed by atoms with Crippen LogP contribution in [0.4, 0.5) is 0 Å². The average molecular weight is 367 g/mol. The van der Waals surface area contributed by atoms with Gasteiger partial charge in [-0.05, 0) is 11.6 Å². The number of amides is 3. The number of halogens is 1. The van der Waals surface area contributed by atoms with Crippen LogP contribution in [0.15, 0.2) is 24.3 Å². The molecule has 0 aliphatic carbocycles. The molecule has 0 radical (unpaired) electrons. The summed E-state index contributed by atoms with van der Waals surface area (Å²) in [5, 5.41) is 3.14. The molecule has 0 unspecified atom stereocenters. The van der Waals surface area contributed by atoms with Gasteiger partial charge in [-0.25, -0.2) is 0 Å². The zero-order valence-electron chi connectivity index (χ0n) is 13.8. The van der Waals surface area contributed by atoms with Gasteiger partial charge in [-0.3, -0.25) is 24.1 Å². The number of likely N-dealkylation sites (tertiary alicyclic amines) is 1. The largest absolute Gasteiger partial charge is 0.469 e. The van der Waals surface area contributed by atoms with Crippen molar-refractivity contribution < 1.29 is 23.9 Å². The van der Waals surface area contributed by atoms with E-state index in [0.29, 0.717) is 10.6 Å². The van der Waals surface area contributed by atoms with Gasteiger partial charge in [0.1, 0.15) is 0 Å². The van der Waals surface area contributed by atoms with Crippen LogP contribution in [0.25, 0.3) is 0 Å². The fourth-order valence-electron chi connectivity index (χ4n) is 2.60. The molecule has 3 amide bonds. The third-order valence-electron chi connectivity index (χ3n) is 3.93. The van der Waals surface area contributed by atoms with Crippen LogP contribution in [0.2, 0.25) is 5.02 Å². The highest BCUT2D eigenvalue weighted by molar-refractivity contribution is 6.31. The molecule has 0 aromatic heterocycles. The molecule has 1 aliphatic rings. The highest BCUT2D eigenvalue weighted by Crippen LogP contribution is 2.25. The molecule has 1 saturated heterocycles. The number of carbonyl (C=O) groups is 4. The molecule has 134 valence electrons. The minimum atomic E-state index is -0.654. The monoisotopic (exact) mass is 366 g/mol. The van der Waals surface area contributed by atoms with Crippen molar-refractivity contribution in [3.8, 4) is 0 Å². The fraction of sp³-hybridized carbons (Fsp3) is 0.412. The molecule has 0 bridgehead atoms. The predicted octanol–water partition coefficient (Wildman–Crippen LogP) is 1.60. The Morgan fingerprint density at radius 3 is 2.48 bits per heavy atom. The van der Waals surface area contributed by atoms with Gasteiger partial charge in [-0.15, -0.1) is 0 Å². The van der Waals surface area contributed by atoms with Crippen molar-refractivity contribution in [1.82, 2.24) is 10.2 Å². The lowest BCUT2D eigenvalue weighted by molar-refractivity contribution is -0.141. The number of rotatable bonds is 7. The number of imide groups is 1. The van der Waals surface area contributed by atoms with E-state index in [9.17, 15) is 19.2 Å². The van der Waals surface area contributed by atoms with Crippen LogP contribution in [0.1, 0.15) is 37.3 Å². The molecule has 0 spiro atoms. The smallest absolute Gasteiger partial charge is 0.307 e. The maximum absolute atomic E-state index is 12.2. The van der Waals surface area contributed by atoms with Crippen molar-refractivity contribution in [1.29, 1.82) is 0 Å². The highest BCUT2D eigenvalue weighted by atomic mass is 35.5. The first-order valence-corrected chi connectivity index (χ1v) is 8.24. The fourth-order valence-corrected chi connectivity index (χ4v) is 2.87. The summed E-state index contributed by atoms with van der Waals surface area (Å²) in [5.74, 6) is -1.42. The summed E-state index contributed by atoms with van der Waals surface area (Å²) in [6.45, 7) is 0.0248. The highest BCUT2D eigenvalue weighted by Gasteiger charge is 2.29. The molecule has 1 N–H and O–H groups in total. The second-order valence-electron chi connectivity index (χ2n) is 5.61. The molecule has 25 heavy (non-hydrogen) atoms. The molecule has 0 saturated carbocycles. The zero-order valence-corrected chi connectivity index (χ0v) is 14.5. The minimum absolute atomic E-state index is 0.0248. The molecule has 7 nitrogen and oxygen atoms in total. The SMILES string of the molecule is COC(=O)C[C@H](NC(=O)CCN1C(=O)CCC1=O)c1ccccc1Cl. The van der Waals surface area contributed by atoms with E-state index in [1.54, 1.807) is 24.3 Å². The lowest BCUT2D eigenvalue weighted by Crippen LogP contribution is -2.36. The first-order valence-electron chi connectivity index (χ1n) is 7.86. The summed E-state index contributed by atoms with van der Waals surface area (Å²) < 4.78 is 4.66. The lowest BCUT2D eigenvalue weighted by atomic mass is 10.0. The Hall–Kier alpha value is -2.41. The molecular formula is C17H19ClN2O5. The number of hydrogen-bond acceptors (Lipinski definition) is 5. The summed E-state index contributed by atoms with van der Waals surface area (Å²) >= 11 is 6.15. The van der Waals surface area contributed by atoms with Gasteiger partial charge in [-0.1, -0.05) is 29.8 Å². The van der Waals surface area contributed by atoms with E-state index in [1.165, 1.54) is 7.11 Å². The first kappa shape index (κ1) is 18.9. The topological polar surface area (TPSA) is 92.8 Å². The standard InChI is InChI=1S/C17H19ClN2O5/c1-25-17(24)10-13(11-4-2-3-5-12(11)18)19-14(21)8-9-20-15(22)6-7-16(20)23/h2-5,13H,6-10H2,1H3,(H,19,21)/t13-/m0/s1. The van der Waals surface area contributed by atoms with Crippen LogP contribution >= 0.6 is 11.6 Å². The number of nitrogens with one attached hydrogen (secondary N) is 1. The molecule has 2 rings (SSSR count). The van der Waals surface area contributed by atoms with Gasteiger partial charge in [0.2, 0.25) is 17.7 Å². The summed E-state index contributed by atoms with van der Waals surface area (Å²) in [7, 11) is 1.26. The molecule has 8 heteroatoms. The van der Waals surface area contributed by atoms with Gasteiger partial charge >= 0.3 is 5.97 Å². The van der Waals surface area contributed by atoms with E-state index in [0.717, 1.165) is 4.90 Å². The molecule has 1 atom stereocenters. The van der Waals surface area contributed by atoms with Crippen molar-refractivity contribution in [2.75, 3.05) is 13.7 Å². The third kappa shape index (κ3) is 5.03. The predicted molar refractivity (Wildman–Crippen MR) is 89.5 cm³/mol. The van der Waals surface area contributed by atoms with E-state index >= 15 is 0 Å². The lowest BCUT2D eigenvalue weighted by Gasteiger charge is -2.20. The van der Waals surface area contributed by atoms with E-state index in [4.69, 9.17) is 11.6 Å². The van der Waals surface area contributed by atoms with Crippen molar-refractivity contribution in [3.63, 3.8) is 0 Å². The Morgan fingerprint density at radius 1 is 1.24 bits per heavy atom. The molecule has 1 aromatic rings. The van der Waals surface area contributed by atoms with Gasteiger partial charge in [-0.2, -0.15) is 0 Å². The maximum atomic E-state index is 12.2. The number of esters is 1. The Balaban J connectivity index is 2.02. The van der Waals surface area contributed by atoms with Crippen LogP contribution in [0.5, 0.6) is 0 Å². The van der Waals surface area contributed by atoms with Gasteiger partial charge in [0, 0.05) is 30.8 Å². The van der Waals surface area contributed by atoms with Crippen LogP contribution in [-0.2, 0) is 23.9 Å². The Bertz CT molecular complexity index is 675. The van der Waals surface area contributed by atoms with Crippen molar-refractivity contribution in [2.24, 2.45) is 0 Å². The maximum Gasteiger partial charge on any atom is 0.307 e. The van der Waals surface area contributed by atoms with E-state index in [-0.39, 0.29) is 49.9 Å². The third-order valence-corrected chi connectivity index (χ3v) is 4.28. The van der Waals surface area contributed by atoms with E-state index < -0.39 is 12.0 Å². The molecule has 1 aromatic carbocycles. The number of nitrogens with zero attached hydrogens (tertiary/aromatic N) is 1. The number of ether oxygens (including phenoxy) is 1.